The second-order valence-electron chi connectivity index (χ2n) is 9.02. The third kappa shape index (κ3) is 4.61. The Kier molecular flexibility index (Phi) is 6.75. The maximum Gasteiger partial charge on any atom is 0.301 e. The highest BCUT2D eigenvalue weighted by Crippen LogP contribution is 2.45. The molecule has 1 aliphatic heterocycles. The number of nitrogens with zero attached hydrogens (tertiary/aromatic N) is 2. The van der Waals surface area contributed by atoms with Gasteiger partial charge in [-0.25, -0.2) is 4.98 Å². The number of amides is 1. The van der Waals surface area contributed by atoms with Crippen molar-refractivity contribution in [2.24, 2.45) is 0 Å². The lowest BCUT2D eigenvalue weighted by atomic mass is 9.95. The molecule has 0 aliphatic carbocycles. The van der Waals surface area contributed by atoms with Gasteiger partial charge in [-0.3, -0.25) is 14.5 Å². The molecule has 1 aliphatic rings. The molecule has 1 saturated heterocycles. The van der Waals surface area contributed by atoms with E-state index in [-0.39, 0.29) is 11.3 Å². The van der Waals surface area contributed by atoms with Crippen molar-refractivity contribution in [2.45, 2.75) is 33.2 Å². The summed E-state index contributed by atoms with van der Waals surface area (Å²) in [5.74, 6) is -1.17. The van der Waals surface area contributed by atoms with Gasteiger partial charge in [0.05, 0.1) is 28.4 Å². The Morgan fingerprint density at radius 3 is 2.59 bits per heavy atom. The zero-order chi connectivity index (χ0) is 26.3. The zero-order valence-electron chi connectivity index (χ0n) is 20.6. The van der Waals surface area contributed by atoms with Gasteiger partial charge in [-0.1, -0.05) is 48.1 Å². The van der Waals surface area contributed by atoms with Gasteiger partial charge in [-0.2, -0.15) is 0 Å². The van der Waals surface area contributed by atoms with E-state index in [2.05, 4.69) is 0 Å². The molecule has 4 aromatic rings. The van der Waals surface area contributed by atoms with Crippen molar-refractivity contribution in [1.82, 2.24) is 4.98 Å². The summed E-state index contributed by atoms with van der Waals surface area (Å²) in [4.78, 5) is 33.1. The van der Waals surface area contributed by atoms with Gasteiger partial charge >= 0.3 is 5.91 Å². The summed E-state index contributed by atoms with van der Waals surface area (Å²) in [6, 6.07) is 16.9. The van der Waals surface area contributed by atoms with Crippen molar-refractivity contribution in [3.05, 3.63) is 93.5 Å². The highest BCUT2D eigenvalue weighted by Gasteiger charge is 2.48. The Balaban J connectivity index is 1.72. The summed E-state index contributed by atoms with van der Waals surface area (Å²) in [7, 11) is 0. The number of halogens is 1. The minimum absolute atomic E-state index is 0.00729. The Labute approximate surface area is 223 Å². The number of Topliss-reactive ketones (excluding diaryl/α,β-unsaturated/α-hetero) is 1. The number of thiazole rings is 1. The molecule has 1 aromatic heterocycles. The van der Waals surface area contributed by atoms with Crippen LogP contribution in [-0.4, -0.2) is 28.4 Å². The van der Waals surface area contributed by atoms with Crippen LogP contribution in [0.2, 0.25) is 5.02 Å². The number of benzene rings is 3. The maximum absolute atomic E-state index is 13.5. The SMILES string of the molecule is CCCOc1cccc(C2C(=C(O)c3ccc(Cl)cc3)C(=O)C(=O)N2c2nc3c(C)cc(C)cc3s2)c1. The van der Waals surface area contributed by atoms with Gasteiger partial charge in [0.25, 0.3) is 5.78 Å². The number of aliphatic hydroxyl groups is 1. The van der Waals surface area contributed by atoms with E-state index in [9.17, 15) is 14.7 Å². The smallest absolute Gasteiger partial charge is 0.301 e. The molecule has 1 amide bonds. The molecule has 0 radical (unpaired) electrons. The number of ether oxygens (including phenoxy) is 1. The standard InChI is InChI=1S/C29H25ClN2O4S/c1-4-12-36-21-7-5-6-19(15-21)25-23(26(33)18-8-10-20(30)11-9-18)27(34)28(35)32(25)29-31-24-17(3)13-16(2)14-22(24)37-29/h5-11,13-15,25,33H,4,12H2,1-3H3. The van der Waals surface area contributed by atoms with Crippen molar-refractivity contribution in [3.8, 4) is 5.75 Å². The molecule has 3 aromatic carbocycles. The number of hydrogen-bond acceptors (Lipinski definition) is 6. The molecular formula is C29H25ClN2O4S. The third-order valence-corrected chi connectivity index (χ3v) is 7.49. The normalized spacial score (nSPS) is 17.1. The Morgan fingerprint density at radius 1 is 1.11 bits per heavy atom. The van der Waals surface area contributed by atoms with Crippen LogP contribution in [0.3, 0.4) is 0 Å². The fraction of sp³-hybridized carbons (Fsp3) is 0.207. The second-order valence-corrected chi connectivity index (χ2v) is 10.5. The lowest BCUT2D eigenvalue weighted by Gasteiger charge is -2.23. The van der Waals surface area contributed by atoms with Crippen LogP contribution in [0.5, 0.6) is 5.75 Å². The first kappa shape index (κ1) is 25.0. The molecule has 1 atom stereocenters. The zero-order valence-corrected chi connectivity index (χ0v) is 22.2. The number of aryl methyl sites for hydroxylation is 2. The quantitative estimate of drug-likeness (QED) is 0.164. The largest absolute Gasteiger partial charge is 0.507 e. The number of fused-ring (bicyclic) bond motifs is 1. The number of carbonyl (C=O) groups excluding carboxylic acids is 2. The fourth-order valence-corrected chi connectivity index (χ4v) is 5.86. The summed E-state index contributed by atoms with van der Waals surface area (Å²) in [5.41, 5.74) is 3.87. The van der Waals surface area contributed by atoms with Gasteiger partial charge in [-0.15, -0.1) is 0 Å². The van der Waals surface area contributed by atoms with Crippen molar-refractivity contribution < 1.29 is 19.4 Å². The van der Waals surface area contributed by atoms with E-state index in [4.69, 9.17) is 21.3 Å². The van der Waals surface area contributed by atoms with Crippen molar-refractivity contribution in [1.29, 1.82) is 0 Å². The number of ketones is 1. The van der Waals surface area contributed by atoms with Crippen LogP contribution in [-0.2, 0) is 9.59 Å². The van der Waals surface area contributed by atoms with Crippen LogP contribution in [0.1, 0.15) is 41.6 Å². The van der Waals surface area contributed by atoms with E-state index in [1.807, 2.05) is 51.1 Å². The van der Waals surface area contributed by atoms with E-state index in [1.165, 1.54) is 16.2 Å². The van der Waals surface area contributed by atoms with Gasteiger partial charge in [0.1, 0.15) is 11.5 Å². The van der Waals surface area contributed by atoms with Crippen LogP contribution < -0.4 is 9.64 Å². The molecule has 0 saturated carbocycles. The molecule has 37 heavy (non-hydrogen) atoms. The van der Waals surface area contributed by atoms with Crippen LogP contribution in [0.25, 0.3) is 16.0 Å². The number of anilines is 1. The molecule has 8 heteroatoms. The fourth-order valence-electron chi connectivity index (χ4n) is 4.56. The first-order chi connectivity index (χ1) is 17.8. The van der Waals surface area contributed by atoms with Gasteiger partial charge < -0.3 is 9.84 Å². The summed E-state index contributed by atoms with van der Waals surface area (Å²) < 4.78 is 6.75. The highest BCUT2D eigenvalue weighted by molar-refractivity contribution is 7.22. The Morgan fingerprint density at radius 2 is 1.86 bits per heavy atom. The van der Waals surface area contributed by atoms with Crippen LogP contribution in [0.15, 0.2) is 66.2 Å². The molecule has 1 unspecified atom stereocenters. The lowest BCUT2D eigenvalue weighted by molar-refractivity contribution is -0.132. The molecule has 0 bridgehead atoms. The van der Waals surface area contributed by atoms with Crippen molar-refractivity contribution in [3.63, 3.8) is 0 Å². The van der Waals surface area contributed by atoms with Crippen LogP contribution >= 0.6 is 22.9 Å². The molecule has 5 rings (SSSR count). The van der Waals surface area contributed by atoms with E-state index in [1.54, 1.807) is 30.3 Å². The number of rotatable bonds is 6. The topological polar surface area (TPSA) is 79.7 Å². The lowest BCUT2D eigenvalue weighted by Crippen LogP contribution is -2.29. The van der Waals surface area contributed by atoms with Gasteiger partial charge in [0, 0.05) is 10.6 Å². The van der Waals surface area contributed by atoms with Crippen LogP contribution in [0, 0.1) is 13.8 Å². The van der Waals surface area contributed by atoms with E-state index in [0.717, 1.165) is 27.8 Å². The number of aliphatic hydroxyl groups excluding tert-OH is 1. The first-order valence-electron chi connectivity index (χ1n) is 12.0. The monoisotopic (exact) mass is 532 g/mol. The van der Waals surface area contributed by atoms with Gasteiger partial charge in [0.15, 0.2) is 5.13 Å². The average molecular weight is 533 g/mol. The van der Waals surface area contributed by atoms with Gasteiger partial charge in [-0.05, 0) is 79.4 Å². The molecule has 2 heterocycles. The van der Waals surface area contributed by atoms with Crippen molar-refractivity contribution >= 4 is 55.7 Å². The molecule has 188 valence electrons. The predicted molar refractivity (Wildman–Crippen MR) is 148 cm³/mol. The highest BCUT2D eigenvalue weighted by atomic mass is 35.5. The minimum atomic E-state index is -0.886. The summed E-state index contributed by atoms with van der Waals surface area (Å²) >= 11 is 7.37. The average Bonchev–Trinajstić information content (AvgIpc) is 3.41. The summed E-state index contributed by atoms with van der Waals surface area (Å²) in [6.07, 6.45) is 0.837. The number of carbonyl (C=O) groups is 2. The number of aromatic nitrogens is 1. The molecule has 1 N–H and O–H groups in total. The first-order valence-corrected chi connectivity index (χ1v) is 13.2. The summed E-state index contributed by atoms with van der Waals surface area (Å²) in [6.45, 7) is 6.53. The van der Waals surface area contributed by atoms with Crippen LogP contribution in [0.4, 0.5) is 5.13 Å². The maximum atomic E-state index is 13.5. The number of hydrogen-bond donors (Lipinski definition) is 1. The van der Waals surface area contributed by atoms with Crippen molar-refractivity contribution in [2.75, 3.05) is 11.5 Å². The molecule has 1 fully saturated rings. The third-order valence-electron chi connectivity index (χ3n) is 6.23. The predicted octanol–water partition coefficient (Wildman–Crippen LogP) is 6.98. The second kappa shape index (κ2) is 10.00. The Hall–Kier alpha value is -3.68. The minimum Gasteiger partial charge on any atom is -0.507 e. The molecule has 6 nitrogen and oxygen atoms in total. The van der Waals surface area contributed by atoms with E-state index >= 15 is 0 Å². The molecular weight excluding hydrogens is 508 g/mol. The summed E-state index contributed by atoms with van der Waals surface area (Å²) in [5, 5.41) is 12.2. The molecule has 0 spiro atoms. The van der Waals surface area contributed by atoms with E-state index in [0.29, 0.717) is 33.6 Å². The van der Waals surface area contributed by atoms with Gasteiger partial charge in [0.2, 0.25) is 0 Å². The Bertz CT molecular complexity index is 1560. The van der Waals surface area contributed by atoms with E-state index < -0.39 is 17.7 Å².